The second-order valence-corrected chi connectivity index (χ2v) is 6.94. The summed E-state index contributed by atoms with van der Waals surface area (Å²) in [7, 11) is 0. The Morgan fingerprint density at radius 2 is 1.42 bits per heavy atom. The molecule has 0 aromatic heterocycles. The van der Waals surface area contributed by atoms with Crippen LogP contribution in [0.2, 0.25) is 0 Å². The number of nitrogens with one attached hydrogen (secondary N) is 2. The van der Waals surface area contributed by atoms with E-state index in [9.17, 15) is 0 Å². The van der Waals surface area contributed by atoms with Gasteiger partial charge in [-0.3, -0.25) is 0 Å². The molecule has 0 aliphatic rings. The molecule has 26 heavy (non-hydrogen) atoms. The van der Waals surface area contributed by atoms with Crippen LogP contribution in [0.25, 0.3) is 0 Å². The van der Waals surface area contributed by atoms with Crippen LogP contribution in [0.3, 0.4) is 0 Å². The van der Waals surface area contributed by atoms with Crippen molar-refractivity contribution in [3.05, 3.63) is 101 Å². The molecule has 3 rings (SSSR count). The van der Waals surface area contributed by atoms with Crippen LogP contribution >= 0.6 is 12.2 Å². The normalized spacial score (nSPS) is 10.6. The molecule has 0 radical (unpaired) electrons. The summed E-state index contributed by atoms with van der Waals surface area (Å²) in [5.41, 5.74) is 6.01. The number of benzene rings is 3. The first-order chi connectivity index (χ1) is 12.6. The fourth-order valence-electron chi connectivity index (χ4n) is 3.03. The maximum absolute atomic E-state index is 5.54. The fraction of sp³-hybridized carbons (Fsp3) is 0.174. The Labute approximate surface area is 161 Å². The van der Waals surface area contributed by atoms with E-state index >= 15 is 0 Å². The third-order valence-electron chi connectivity index (χ3n) is 4.51. The third kappa shape index (κ3) is 4.70. The van der Waals surface area contributed by atoms with Gasteiger partial charge in [0.2, 0.25) is 0 Å². The predicted molar refractivity (Wildman–Crippen MR) is 115 cm³/mol. The van der Waals surface area contributed by atoms with Gasteiger partial charge < -0.3 is 10.6 Å². The Morgan fingerprint density at radius 3 is 2.00 bits per heavy atom. The highest BCUT2D eigenvalue weighted by molar-refractivity contribution is 7.80. The van der Waals surface area contributed by atoms with E-state index in [0.29, 0.717) is 5.11 Å². The standard InChI is InChI=1S/C23H24N2S/c1-17-13-14-18(2)22(15-17)25-23(26)24-16-21(19-9-5-3-6-10-19)20-11-7-4-8-12-20/h3-15,21H,16H2,1-2H3,(H2,24,25,26). The highest BCUT2D eigenvalue weighted by atomic mass is 32.1. The van der Waals surface area contributed by atoms with Crippen molar-refractivity contribution in [2.45, 2.75) is 19.8 Å². The lowest BCUT2D eigenvalue weighted by Gasteiger charge is -2.20. The Balaban J connectivity index is 1.72. The Bertz CT molecular complexity index is 820. The van der Waals surface area contributed by atoms with E-state index in [4.69, 9.17) is 12.2 Å². The van der Waals surface area contributed by atoms with Gasteiger partial charge in [-0.15, -0.1) is 0 Å². The second-order valence-electron chi connectivity index (χ2n) is 6.53. The van der Waals surface area contributed by atoms with Crippen molar-refractivity contribution in [2.75, 3.05) is 11.9 Å². The lowest BCUT2D eigenvalue weighted by molar-refractivity contribution is 0.761. The van der Waals surface area contributed by atoms with Crippen molar-refractivity contribution in [3.63, 3.8) is 0 Å². The Morgan fingerprint density at radius 1 is 0.846 bits per heavy atom. The summed E-state index contributed by atoms with van der Waals surface area (Å²) < 4.78 is 0. The van der Waals surface area contributed by atoms with E-state index in [-0.39, 0.29) is 5.92 Å². The maximum atomic E-state index is 5.54. The molecule has 0 atom stereocenters. The van der Waals surface area contributed by atoms with Gasteiger partial charge in [-0.2, -0.15) is 0 Å². The summed E-state index contributed by atoms with van der Waals surface area (Å²) in [6.07, 6.45) is 0. The van der Waals surface area contributed by atoms with Crippen molar-refractivity contribution in [1.82, 2.24) is 5.32 Å². The fourth-order valence-corrected chi connectivity index (χ4v) is 3.22. The Kier molecular flexibility index (Phi) is 6.03. The van der Waals surface area contributed by atoms with Gasteiger partial charge >= 0.3 is 0 Å². The first kappa shape index (κ1) is 18.2. The van der Waals surface area contributed by atoms with Crippen molar-refractivity contribution >= 4 is 23.0 Å². The molecule has 0 aliphatic carbocycles. The third-order valence-corrected chi connectivity index (χ3v) is 4.76. The number of aryl methyl sites for hydroxylation is 2. The number of anilines is 1. The average Bonchev–Trinajstić information content (AvgIpc) is 2.67. The number of thiocarbonyl (C=S) groups is 1. The largest absolute Gasteiger partial charge is 0.361 e. The van der Waals surface area contributed by atoms with E-state index in [1.165, 1.54) is 22.3 Å². The minimum atomic E-state index is 0.246. The van der Waals surface area contributed by atoms with Gasteiger partial charge in [-0.1, -0.05) is 72.8 Å². The van der Waals surface area contributed by atoms with E-state index in [1.54, 1.807) is 0 Å². The first-order valence-corrected chi connectivity index (χ1v) is 9.26. The molecule has 0 bridgehead atoms. The van der Waals surface area contributed by atoms with Crippen LogP contribution in [0, 0.1) is 13.8 Å². The zero-order valence-corrected chi connectivity index (χ0v) is 16.0. The molecule has 132 valence electrons. The summed E-state index contributed by atoms with van der Waals surface area (Å²) in [5, 5.41) is 7.37. The summed E-state index contributed by atoms with van der Waals surface area (Å²) in [5.74, 6) is 0.246. The molecule has 0 heterocycles. The summed E-state index contributed by atoms with van der Waals surface area (Å²) in [6.45, 7) is 4.91. The van der Waals surface area contributed by atoms with Gasteiger partial charge in [0.25, 0.3) is 0 Å². The number of hydrogen-bond donors (Lipinski definition) is 2. The minimum absolute atomic E-state index is 0.246. The molecule has 2 nitrogen and oxygen atoms in total. The van der Waals surface area contributed by atoms with Gasteiger partial charge in [-0.25, -0.2) is 0 Å². The molecule has 3 heteroatoms. The molecule has 3 aromatic carbocycles. The average molecular weight is 361 g/mol. The first-order valence-electron chi connectivity index (χ1n) is 8.85. The van der Waals surface area contributed by atoms with Crippen molar-refractivity contribution < 1.29 is 0 Å². The van der Waals surface area contributed by atoms with Crippen molar-refractivity contribution in [3.8, 4) is 0 Å². The van der Waals surface area contributed by atoms with E-state index in [0.717, 1.165) is 12.2 Å². The predicted octanol–water partition coefficient (Wildman–Crippen LogP) is 5.42. The molecule has 0 aliphatic heterocycles. The highest BCUT2D eigenvalue weighted by Gasteiger charge is 2.14. The van der Waals surface area contributed by atoms with E-state index in [2.05, 4.69) is 91.2 Å². The van der Waals surface area contributed by atoms with Crippen LogP contribution in [0.4, 0.5) is 5.69 Å². The monoisotopic (exact) mass is 360 g/mol. The molecule has 3 aromatic rings. The van der Waals surface area contributed by atoms with Crippen LogP contribution in [-0.2, 0) is 0 Å². The van der Waals surface area contributed by atoms with Gasteiger partial charge in [0.1, 0.15) is 0 Å². The molecular weight excluding hydrogens is 336 g/mol. The molecule has 0 saturated carbocycles. The van der Waals surface area contributed by atoms with E-state index in [1.807, 2.05) is 12.1 Å². The number of hydrogen-bond acceptors (Lipinski definition) is 1. The molecule has 0 unspecified atom stereocenters. The zero-order valence-electron chi connectivity index (χ0n) is 15.2. The lowest BCUT2D eigenvalue weighted by atomic mass is 9.91. The second kappa shape index (κ2) is 8.63. The highest BCUT2D eigenvalue weighted by Crippen LogP contribution is 2.24. The SMILES string of the molecule is Cc1ccc(C)c(NC(=S)NCC(c2ccccc2)c2ccccc2)c1. The summed E-state index contributed by atoms with van der Waals surface area (Å²) in [6, 6.07) is 27.4. The zero-order chi connectivity index (χ0) is 18.4. The topological polar surface area (TPSA) is 24.1 Å². The lowest BCUT2D eigenvalue weighted by Crippen LogP contribution is -2.32. The van der Waals surface area contributed by atoms with Crippen molar-refractivity contribution in [1.29, 1.82) is 0 Å². The smallest absolute Gasteiger partial charge is 0.170 e. The Hall–Kier alpha value is -2.65. The molecule has 0 fully saturated rings. The van der Waals surface area contributed by atoms with Gasteiger partial charge in [0.15, 0.2) is 5.11 Å². The molecule has 0 amide bonds. The van der Waals surface area contributed by atoms with Crippen LogP contribution in [0.5, 0.6) is 0 Å². The minimum Gasteiger partial charge on any atom is -0.361 e. The molecule has 2 N–H and O–H groups in total. The molecule has 0 saturated heterocycles. The van der Waals surface area contributed by atoms with Crippen LogP contribution in [0.15, 0.2) is 78.9 Å². The van der Waals surface area contributed by atoms with Crippen LogP contribution in [0.1, 0.15) is 28.2 Å². The van der Waals surface area contributed by atoms with Gasteiger partial charge in [0, 0.05) is 18.2 Å². The molecule has 0 spiro atoms. The van der Waals surface area contributed by atoms with Gasteiger partial charge in [0.05, 0.1) is 0 Å². The number of rotatable bonds is 5. The summed E-state index contributed by atoms with van der Waals surface area (Å²) >= 11 is 5.54. The van der Waals surface area contributed by atoms with Crippen LogP contribution in [-0.4, -0.2) is 11.7 Å². The summed E-state index contributed by atoms with van der Waals surface area (Å²) in [4.78, 5) is 0. The molecular formula is C23H24N2S. The van der Waals surface area contributed by atoms with Crippen LogP contribution < -0.4 is 10.6 Å². The van der Waals surface area contributed by atoms with Gasteiger partial charge in [-0.05, 0) is 54.4 Å². The van der Waals surface area contributed by atoms with E-state index < -0.39 is 0 Å². The maximum Gasteiger partial charge on any atom is 0.170 e. The van der Waals surface area contributed by atoms with Crippen molar-refractivity contribution in [2.24, 2.45) is 0 Å². The quantitative estimate of drug-likeness (QED) is 0.594.